The van der Waals surface area contributed by atoms with Crippen LogP contribution in [0.4, 0.5) is 56.1 Å². The lowest BCUT2D eigenvalue weighted by molar-refractivity contribution is -0.143. The van der Waals surface area contributed by atoms with Crippen molar-refractivity contribution >= 4 is 132 Å². The summed E-state index contributed by atoms with van der Waals surface area (Å²) >= 11 is 0. The number of amides is 5. The van der Waals surface area contributed by atoms with Crippen molar-refractivity contribution in [3.63, 3.8) is 0 Å². The van der Waals surface area contributed by atoms with E-state index in [0.29, 0.717) is 103 Å². The van der Waals surface area contributed by atoms with Gasteiger partial charge in [0.25, 0.3) is 0 Å². The standard InChI is InChI=1S/C23H25F2N3O3.C21H26FN3O3.C21H28FN3O3.C21H28FN3O2.C21H30FN3O2/c1-5-31-19(30)12-14-6-11-17-21(20(14)25)28(16-9-7-15(24)8-10-16)22(26-17)27-18(29)13-23(2,3)4;1-4-28-16(26)10-12-8-9-15-18(17(12)22)25(13-6-5-7-13)20(23-15)24-19(27)14-11-21(14,2)3;1-5-28-17(27)11-13-9-10-15-19(18(13)22)25(14-7-6-8-14)20(23-15)24-16(26)12-21(2,3)4;1-20(2)11-14(20)18(26)24-19-23-15-9-8-12(10-21(3,4)27)16(22)17(15)25(19)13-6-5-7-13;1-20(2,3)12-16(26)24-19-23-15-10-9-13(11-21(4,5)27)17(22)18(15)25(19)14-7-6-8-14/h6-11H,5,12-13H2,1-4H3,(H,26,27,29);8-9,13-14H,4-7,10-11H2,1-3H3,(H,23,24,27);9-10,14H,5-8,11-12H2,1-4H3,(H,23,24,26);8-9,13-14,27H,5-7,10-11H2,1-4H3,(H,23,24,26);9-10,14,27H,6-8,11-12H2,1-5H3,(H,23,24,26)/t;;;14-;/m...1./s1. The fraction of sp³-hybridized carbons (Fsp3) is 0.542. The summed E-state index contributed by atoms with van der Waals surface area (Å²) in [5.41, 5.74) is 3.53. The summed E-state index contributed by atoms with van der Waals surface area (Å²) in [6, 6.07) is 22.4. The Labute approximate surface area is 818 Å². The predicted octanol–water partition coefficient (Wildman–Crippen LogP) is 21.9. The number of nitrogens with zero attached hydrogens (tertiary/aromatic N) is 10. The number of esters is 3. The SMILES string of the molecule is CC(C)(C)CC(=O)Nc1nc2ccc(CC(C)(C)O)c(F)c2n1C1CCC1.CC(C)(O)Cc1ccc2nc(NC(=O)[C@H]3CC3(C)C)n(C3CCC3)c2c1F.CCOC(=O)Cc1ccc2nc(NC(=O)C3CC3(C)C)n(C3CCC3)c2c1F.CCOC(=O)Cc1ccc2nc(NC(=O)CC(C)(C)C)n(-c3ccc(F)cc3)c2c1F.CCOC(=O)Cc1ccc2nc(NC(=O)CC(C)(C)C)n(C3CCC3)c2c1F. The summed E-state index contributed by atoms with van der Waals surface area (Å²) in [7, 11) is 0. The van der Waals surface area contributed by atoms with Crippen LogP contribution in [0.2, 0.25) is 0 Å². The van der Waals surface area contributed by atoms with Crippen molar-refractivity contribution in [2.75, 3.05) is 46.4 Å². The van der Waals surface area contributed by atoms with Gasteiger partial charge in [-0.2, -0.15) is 0 Å². The maximum absolute atomic E-state index is 15.5. The molecule has 6 aromatic carbocycles. The molecule has 0 aliphatic heterocycles. The molecule has 6 fully saturated rings. The van der Waals surface area contributed by atoms with E-state index in [0.717, 1.165) is 89.9 Å². The quantitative estimate of drug-likeness (QED) is 0.0136. The van der Waals surface area contributed by atoms with Crippen LogP contribution in [0.25, 0.3) is 60.9 Å². The highest BCUT2D eigenvalue weighted by Crippen LogP contribution is 2.54. The van der Waals surface area contributed by atoms with Crippen molar-refractivity contribution in [3.05, 3.63) is 148 Å². The summed E-state index contributed by atoms with van der Waals surface area (Å²) in [4.78, 5) is 120. The van der Waals surface area contributed by atoms with Crippen molar-refractivity contribution in [3.8, 4) is 5.69 Å². The number of carbonyl (C=O) groups excluding carboxylic acids is 8. The van der Waals surface area contributed by atoms with Crippen LogP contribution in [0, 0.1) is 73.8 Å². The van der Waals surface area contributed by atoms with Crippen LogP contribution in [0.3, 0.4) is 0 Å². The minimum absolute atomic E-state index is 0.00938. The summed E-state index contributed by atoms with van der Waals surface area (Å²) in [5, 5.41) is 34.6. The highest BCUT2D eigenvalue weighted by atomic mass is 19.1. The van der Waals surface area contributed by atoms with Crippen molar-refractivity contribution in [1.29, 1.82) is 0 Å². The first-order valence-corrected chi connectivity index (χ1v) is 49.3. The van der Waals surface area contributed by atoms with E-state index < -0.39 is 52.4 Å². The number of ether oxygens (including phenoxy) is 3. The lowest BCUT2D eigenvalue weighted by Gasteiger charge is -2.29. The molecule has 5 amide bonds. The van der Waals surface area contributed by atoms with E-state index in [9.17, 15) is 53.0 Å². The molecule has 6 aliphatic rings. The first-order chi connectivity index (χ1) is 66.1. The molecule has 0 radical (unpaired) electrons. The number of fused-ring (bicyclic) bond motifs is 5. The van der Waals surface area contributed by atoms with Gasteiger partial charge in [-0.1, -0.05) is 120 Å². The van der Waals surface area contributed by atoms with E-state index in [4.69, 9.17) is 14.2 Å². The van der Waals surface area contributed by atoms with Crippen LogP contribution in [0.15, 0.2) is 84.9 Å². The number of benzene rings is 6. The van der Waals surface area contributed by atoms with Crippen LogP contribution >= 0.6 is 0 Å². The largest absolute Gasteiger partial charge is 0.466 e. The average molecular weight is 1960 g/mol. The van der Waals surface area contributed by atoms with E-state index in [1.165, 1.54) is 34.9 Å². The van der Waals surface area contributed by atoms with Gasteiger partial charge in [-0.05, 0) is 231 Å². The van der Waals surface area contributed by atoms with Gasteiger partial charge in [0.05, 0.1) is 77.9 Å². The maximum atomic E-state index is 15.5. The maximum Gasteiger partial charge on any atom is 0.310 e. The van der Waals surface area contributed by atoms with Gasteiger partial charge in [0.15, 0.2) is 29.1 Å². The Bertz CT molecular complexity index is 6510. The van der Waals surface area contributed by atoms with E-state index >= 15 is 22.0 Å². The van der Waals surface area contributed by atoms with Gasteiger partial charge in [0.1, 0.15) is 33.4 Å². The number of nitrogens with one attached hydrogen (secondary N) is 5. The van der Waals surface area contributed by atoms with Gasteiger partial charge in [0, 0.05) is 90.5 Å². The van der Waals surface area contributed by atoms with Crippen molar-refractivity contribution in [1.82, 2.24) is 47.8 Å². The number of carbonyl (C=O) groups is 8. The third kappa shape index (κ3) is 26.1. The molecule has 34 heteroatoms. The minimum Gasteiger partial charge on any atom is -0.466 e. The normalized spacial score (nSPS) is 16.8. The number of aromatic nitrogens is 10. The number of halogens is 6. The highest BCUT2D eigenvalue weighted by Gasteiger charge is 2.52. The lowest BCUT2D eigenvalue weighted by Crippen LogP contribution is -2.25. The number of hydrogen-bond donors (Lipinski definition) is 7. The lowest BCUT2D eigenvalue weighted by atomic mass is 9.92. The molecule has 5 aromatic heterocycles. The average Bonchev–Trinajstić information content (AvgIpc) is 1.57. The van der Waals surface area contributed by atoms with Gasteiger partial charge in [-0.3, -0.25) is 69.5 Å². The molecule has 6 saturated carbocycles. The minimum atomic E-state index is -1.00. The van der Waals surface area contributed by atoms with E-state index in [-0.39, 0.29) is 191 Å². The highest BCUT2D eigenvalue weighted by molar-refractivity contribution is 5.99. The number of anilines is 5. The topological polar surface area (TPSA) is 354 Å². The summed E-state index contributed by atoms with van der Waals surface area (Å²) in [6.45, 7) is 38.5. The number of rotatable bonds is 28. The van der Waals surface area contributed by atoms with Gasteiger partial charge >= 0.3 is 17.9 Å². The fourth-order valence-electron chi connectivity index (χ4n) is 18.1. The number of imidazole rings is 5. The van der Waals surface area contributed by atoms with Crippen molar-refractivity contribution < 1.29 is 89.1 Å². The van der Waals surface area contributed by atoms with Crippen LogP contribution < -0.4 is 26.6 Å². The zero-order valence-corrected chi connectivity index (χ0v) is 84.8. The molecule has 760 valence electrons. The molecule has 7 N–H and O–H groups in total. The summed E-state index contributed by atoms with van der Waals surface area (Å²) in [6.07, 6.45) is 14.4. The molecule has 28 nitrogen and oxygen atoms in total. The first kappa shape index (κ1) is 106. The Morgan fingerprint density at radius 2 is 0.596 bits per heavy atom. The molecule has 2 atom stereocenters. The molecule has 1 unspecified atom stereocenters. The second kappa shape index (κ2) is 42.6. The van der Waals surface area contributed by atoms with Crippen LogP contribution in [0.1, 0.15) is 300 Å². The van der Waals surface area contributed by atoms with Gasteiger partial charge < -0.3 is 42.7 Å². The smallest absolute Gasteiger partial charge is 0.310 e. The molecule has 0 saturated heterocycles. The van der Waals surface area contributed by atoms with Crippen LogP contribution in [-0.4, -0.2) is 136 Å². The third-order valence-electron chi connectivity index (χ3n) is 26.3. The van der Waals surface area contributed by atoms with Crippen molar-refractivity contribution in [2.24, 2.45) is 38.9 Å². The molecule has 141 heavy (non-hydrogen) atoms. The molecule has 0 bridgehead atoms. The Hall–Kier alpha value is -12.1. The van der Waals surface area contributed by atoms with Gasteiger partial charge in [-0.15, -0.1) is 0 Å². The van der Waals surface area contributed by atoms with Gasteiger partial charge in [0.2, 0.25) is 59.3 Å². The molecule has 6 aliphatic carbocycles. The molecule has 11 aromatic rings. The molecular weight excluding hydrogens is 1820 g/mol. The Kier molecular flexibility index (Phi) is 32.1. The Morgan fingerprint density at radius 3 is 0.844 bits per heavy atom. The summed E-state index contributed by atoms with van der Waals surface area (Å²) in [5.74, 6) is -3.13. The zero-order chi connectivity index (χ0) is 103. The molecule has 0 spiro atoms. The Balaban J connectivity index is 0.000000148. The number of aliphatic hydroxyl groups is 2. The molecule has 5 heterocycles. The summed E-state index contributed by atoms with van der Waals surface area (Å²) < 4.78 is 114. The molecule has 17 rings (SSSR count). The first-order valence-electron chi connectivity index (χ1n) is 49.3. The monoisotopic (exact) mass is 1950 g/mol. The Morgan fingerprint density at radius 1 is 0.355 bits per heavy atom. The van der Waals surface area contributed by atoms with E-state index in [1.54, 1.807) is 108 Å². The zero-order valence-electron chi connectivity index (χ0n) is 84.8. The van der Waals surface area contributed by atoms with Crippen LogP contribution in [-0.2, 0) is 84.7 Å². The number of hydrogen-bond acceptors (Lipinski definition) is 18. The second-order valence-corrected chi connectivity index (χ2v) is 44.6. The van der Waals surface area contributed by atoms with E-state index in [2.05, 4.69) is 79.2 Å². The fourth-order valence-corrected chi connectivity index (χ4v) is 18.1. The molecular formula is C107H137F6N15O13. The van der Waals surface area contributed by atoms with Crippen molar-refractivity contribution in [2.45, 2.75) is 315 Å². The third-order valence-corrected chi connectivity index (χ3v) is 26.3. The van der Waals surface area contributed by atoms with E-state index in [1.807, 2.05) is 76.0 Å². The predicted molar refractivity (Wildman–Crippen MR) is 531 cm³/mol. The second-order valence-electron chi connectivity index (χ2n) is 44.6. The van der Waals surface area contributed by atoms with Crippen LogP contribution in [0.5, 0.6) is 0 Å². The van der Waals surface area contributed by atoms with Gasteiger partial charge in [-0.25, -0.2) is 51.3 Å².